The third-order valence-electron chi connectivity index (χ3n) is 4.05. The number of aromatic carboxylic acids is 1. The Hall–Kier alpha value is -2.24. The summed E-state index contributed by atoms with van der Waals surface area (Å²) in [6.45, 7) is 9.21. The van der Waals surface area contributed by atoms with Gasteiger partial charge in [0.2, 0.25) is 0 Å². The molecule has 2 rings (SSSR count). The molecule has 132 valence electrons. The van der Waals surface area contributed by atoms with Gasteiger partial charge < -0.3 is 19.6 Å². The minimum atomic E-state index is -0.935. The molecule has 1 amide bonds. The predicted molar refractivity (Wildman–Crippen MR) is 92.6 cm³/mol. The van der Waals surface area contributed by atoms with E-state index in [-0.39, 0.29) is 12.1 Å². The van der Waals surface area contributed by atoms with Gasteiger partial charge in [-0.05, 0) is 39.3 Å². The normalized spacial score (nSPS) is 18.4. The van der Waals surface area contributed by atoms with Gasteiger partial charge in [-0.25, -0.2) is 9.59 Å². The van der Waals surface area contributed by atoms with Gasteiger partial charge in [0, 0.05) is 25.7 Å². The molecule has 1 N–H and O–H groups in total. The van der Waals surface area contributed by atoms with Crippen LogP contribution in [0.1, 0.15) is 44.5 Å². The van der Waals surface area contributed by atoms with Crippen LogP contribution in [0.5, 0.6) is 0 Å². The molecular weight excluding hydrogens is 308 g/mol. The second-order valence-corrected chi connectivity index (χ2v) is 7.00. The first-order valence-corrected chi connectivity index (χ1v) is 8.30. The maximum Gasteiger partial charge on any atom is 0.410 e. The molecule has 1 atom stereocenters. The minimum absolute atomic E-state index is 0.0618. The van der Waals surface area contributed by atoms with Gasteiger partial charge in [0.05, 0.1) is 11.3 Å². The molecule has 24 heavy (non-hydrogen) atoms. The van der Waals surface area contributed by atoms with Crippen LogP contribution in [-0.2, 0) is 4.74 Å². The highest BCUT2D eigenvalue weighted by molar-refractivity contribution is 5.94. The highest BCUT2D eigenvalue weighted by Crippen LogP contribution is 2.27. The number of rotatable bonds is 3. The average molecular weight is 334 g/mol. The highest BCUT2D eigenvalue weighted by atomic mass is 16.6. The second kappa shape index (κ2) is 7.11. The third kappa shape index (κ3) is 4.19. The number of nitrogens with zero attached hydrogens (tertiary/aromatic N) is 2. The Morgan fingerprint density at radius 2 is 1.92 bits per heavy atom. The van der Waals surface area contributed by atoms with Crippen molar-refractivity contribution in [3.8, 4) is 0 Å². The van der Waals surface area contributed by atoms with Crippen LogP contribution in [0.2, 0.25) is 0 Å². The van der Waals surface area contributed by atoms with Crippen LogP contribution in [0.25, 0.3) is 0 Å². The van der Waals surface area contributed by atoms with Crippen LogP contribution in [0.15, 0.2) is 24.3 Å². The number of para-hydroxylation sites is 1. The number of hydrogen-bond donors (Lipinski definition) is 1. The molecule has 1 saturated heterocycles. The zero-order valence-electron chi connectivity index (χ0n) is 14.8. The van der Waals surface area contributed by atoms with E-state index < -0.39 is 11.6 Å². The summed E-state index contributed by atoms with van der Waals surface area (Å²) in [5, 5.41) is 9.41. The van der Waals surface area contributed by atoms with E-state index >= 15 is 0 Å². The Labute approximate surface area is 143 Å². The number of benzene rings is 1. The number of anilines is 1. The lowest BCUT2D eigenvalue weighted by Crippen LogP contribution is -2.55. The van der Waals surface area contributed by atoms with Gasteiger partial charge in [0.15, 0.2) is 0 Å². The van der Waals surface area contributed by atoms with Crippen molar-refractivity contribution in [2.75, 3.05) is 24.5 Å². The fourth-order valence-electron chi connectivity index (χ4n) is 2.92. The smallest absolute Gasteiger partial charge is 0.410 e. The van der Waals surface area contributed by atoms with Gasteiger partial charge in [-0.3, -0.25) is 0 Å². The molecule has 0 radical (unpaired) electrons. The van der Waals surface area contributed by atoms with Crippen LogP contribution in [-0.4, -0.2) is 53.3 Å². The van der Waals surface area contributed by atoms with E-state index in [1.165, 1.54) is 0 Å². The SMILES string of the molecule is CC[C@H]1CN(C(=O)OC(C)(C)C)CCN1c1ccccc1C(=O)O. The molecule has 1 aromatic carbocycles. The molecular formula is C18H26N2O4. The van der Waals surface area contributed by atoms with Crippen LogP contribution >= 0.6 is 0 Å². The second-order valence-electron chi connectivity index (χ2n) is 7.00. The molecule has 1 aliphatic rings. The van der Waals surface area contributed by atoms with Crippen molar-refractivity contribution in [3.63, 3.8) is 0 Å². The number of amides is 1. The summed E-state index contributed by atoms with van der Waals surface area (Å²) >= 11 is 0. The first-order valence-electron chi connectivity index (χ1n) is 8.30. The number of carbonyl (C=O) groups is 2. The Morgan fingerprint density at radius 1 is 1.25 bits per heavy atom. The molecule has 0 unspecified atom stereocenters. The largest absolute Gasteiger partial charge is 0.478 e. The van der Waals surface area contributed by atoms with Crippen molar-refractivity contribution in [2.24, 2.45) is 0 Å². The van der Waals surface area contributed by atoms with Crippen molar-refractivity contribution in [1.29, 1.82) is 0 Å². The quantitative estimate of drug-likeness (QED) is 0.919. The lowest BCUT2D eigenvalue weighted by molar-refractivity contribution is 0.0213. The van der Waals surface area contributed by atoms with Crippen LogP contribution in [0.4, 0.5) is 10.5 Å². The Morgan fingerprint density at radius 3 is 2.50 bits per heavy atom. The fourth-order valence-corrected chi connectivity index (χ4v) is 2.92. The third-order valence-corrected chi connectivity index (χ3v) is 4.05. The molecule has 0 aromatic heterocycles. The van der Waals surface area contributed by atoms with Crippen molar-refractivity contribution >= 4 is 17.7 Å². The molecule has 0 aliphatic carbocycles. The molecule has 0 bridgehead atoms. The summed E-state index contributed by atoms with van der Waals surface area (Å²) in [6.07, 6.45) is 0.500. The van der Waals surface area contributed by atoms with Crippen LogP contribution in [0.3, 0.4) is 0 Å². The van der Waals surface area contributed by atoms with E-state index in [0.717, 1.165) is 6.42 Å². The lowest BCUT2D eigenvalue weighted by Gasteiger charge is -2.43. The summed E-state index contributed by atoms with van der Waals surface area (Å²) < 4.78 is 5.45. The number of carboxylic acids is 1. The van der Waals surface area contributed by atoms with E-state index in [4.69, 9.17) is 4.74 Å². The first kappa shape index (κ1) is 18.1. The highest BCUT2D eigenvalue weighted by Gasteiger charge is 2.32. The first-order chi connectivity index (χ1) is 11.2. The summed E-state index contributed by atoms with van der Waals surface area (Å²) in [5.41, 5.74) is 0.480. The zero-order chi connectivity index (χ0) is 17.9. The average Bonchev–Trinajstić information content (AvgIpc) is 2.52. The summed E-state index contributed by atoms with van der Waals surface area (Å²) in [5.74, 6) is -0.935. The van der Waals surface area contributed by atoms with E-state index in [0.29, 0.717) is 30.9 Å². The lowest BCUT2D eigenvalue weighted by atomic mass is 10.1. The fraction of sp³-hybridized carbons (Fsp3) is 0.556. The minimum Gasteiger partial charge on any atom is -0.478 e. The van der Waals surface area contributed by atoms with Crippen molar-refractivity contribution in [1.82, 2.24) is 4.90 Å². The molecule has 0 spiro atoms. The Balaban J connectivity index is 2.17. The number of carbonyl (C=O) groups excluding carboxylic acids is 1. The predicted octanol–water partition coefficient (Wildman–Crippen LogP) is 3.22. The molecule has 6 heteroatoms. The number of hydrogen-bond acceptors (Lipinski definition) is 4. The van der Waals surface area contributed by atoms with E-state index in [2.05, 4.69) is 4.90 Å². The van der Waals surface area contributed by atoms with Gasteiger partial charge in [-0.1, -0.05) is 19.1 Å². The standard InChI is InChI=1S/C18H26N2O4/c1-5-13-12-19(17(23)24-18(2,3)4)10-11-20(13)15-9-7-6-8-14(15)16(21)22/h6-9,13H,5,10-12H2,1-4H3,(H,21,22)/t13-/m0/s1. The van der Waals surface area contributed by atoms with Gasteiger partial charge in [0.25, 0.3) is 0 Å². The molecule has 0 saturated carbocycles. The molecule has 1 aliphatic heterocycles. The zero-order valence-corrected chi connectivity index (χ0v) is 14.8. The molecule has 1 heterocycles. The molecule has 1 fully saturated rings. The Bertz CT molecular complexity index is 609. The molecule has 1 aromatic rings. The monoisotopic (exact) mass is 334 g/mol. The van der Waals surface area contributed by atoms with Gasteiger partial charge >= 0.3 is 12.1 Å². The number of ether oxygens (including phenoxy) is 1. The Kier molecular flexibility index (Phi) is 5.36. The maximum absolute atomic E-state index is 12.3. The van der Waals surface area contributed by atoms with Gasteiger partial charge in [0.1, 0.15) is 5.60 Å². The number of piperazine rings is 1. The van der Waals surface area contributed by atoms with Gasteiger partial charge in [-0.15, -0.1) is 0 Å². The summed E-state index contributed by atoms with van der Waals surface area (Å²) in [6, 6.07) is 7.08. The molecule has 6 nitrogen and oxygen atoms in total. The van der Waals surface area contributed by atoms with Crippen molar-refractivity contribution in [2.45, 2.75) is 45.8 Å². The van der Waals surface area contributed by atoms with Crippen LogP contribution < -0.4 is 4.90 Å². The topological polar surface area (TPSA) is 70.1 Å². The number of carboxylic acid groups (broad SMARTS) is 1. The van der Waals surface area contributed by atoms with Crippen molar-refractivity contribution < 1.29 is 19.4 Å². The van der Waals surface area contributed by atoms with Crippen LogP contribution in [0, 0.1) is 0 Å². The van der Waals surface area contributed by atoms with E-state index in [9.17, 15) is 14.7 Å². The van der Waals surface area contributed by atoms with Gasteiger partial charge in [-0.2, -0.15) is 0 Å². The van der Waals surface area contributed by atoms with E-state index in [1.54, 1.807) is 17.0 Å². The van der Waals surface area contributed by atoms with Crippen molar-refractivity contribution in [3.05, 3.63) is 29.8 Å². The maximum atomic E-state index is 12.3. The summed E-state index contributed by atoms with van der Waals surface area (Å²) in [7, 11) is 0. The van der Waals surface area contributed by atoms with E-state index in [1.807, 2.05) is 39.8 Å². The summed E-state index contributed by atoms with van der Waals surface area (Å²) in [4.78, 5) is 27.6.